The molecule has 142 valence electrons. The standard InChI is InChI=1S/C19H29ClFNO3/c1-6-13(7-2)18(12(5)24-19(23)17(22)11(3)4)25-16-9-14(20)8-15(21)10-16/h8-13,17-18H,6-7,22H2,1-5H3/t12-,17-,18-/m0/s1. The van der Waals surface area contributed by atoms with Crippen LogP contribution in [0.4, 0.5) is 4.39 Å². The largest absolute Gasteiger partial charge is 0.486 e. The fraction of sp³-hybridized carbons (Fsp3) is 0.632. The molecule has 0 bridgehead atoms. The highest BCUT2D eigenvalue weighted by Gasteiger charge is 2.31. The Labute approximate surface area is 154 Å². The summed E-state index contributed by atoms with van der Waals surface area (Å²) in [4.78, 5) is 12.2. The highest BCUT2D eigenvalue weighted by molar-refractivity contribution is 6.30. The molecular weight excluding hydrogens is 345 g/mol. The Morgan fingerprint density at radius 1 is 1.20 bits per heavy atom. The maximum atomic E-state index is 13.6. The van der Waals surface area contributed by atoms with Crippen LogP contribution in [0.25, 0.3) is 0 Å². The second-order valence-electron chi connectivity index (χ2n) is 6.68. The van der Waals surface area contributed by atoms with Gasteiger partial charge in [0, 0.05) is 11.1 Å². The van der Waals surface area contributed by atoms with Gasteiger partial charge in [-0.15, -0.1) is 0 Å². The predicted molar refractivity (Wildman–Crippen MR) is 98.3 cm³/mol. The van der Waals surface area contributed by atoms with E-state index in [1.54, 1.807) is 13.0 Å². The Morgan fingerprint density at radius 2 is 1.80 bits per heavy atom. The van der Waals surface area contributed by atoms with Crippen LogP contribution < -0.4 is 10.5 Å². The van der Waals surface area contributed by atoms with Crippen molar-refractivity contribution in [3.63, 3.8) is 0 Å². The van der Waals surface area contributed by atoms with Crippen molar-refractivity contribution < 1.29 is 18.7 Å². The van der Waals surface area contributed by atoms with Crippen LogP contribution in [0.15, 0.2) is 18.2 Å². The van der Waals surface area contributed by atoms with Gasteiger partial charge >= 0.3 is 5.97 Å². The minimum Gasteiger partial charge on any atom is -0.486 e. The second-order valence-corrected chi connectivity index (χ2v) is 7.11. The highest BCUT2D eigenvalue weighted by Crippen LogP contribution is 2.27. The molecule has 0 saturated carbocycles. The van der Waals surface area contributed by atoms with E-state index in [0.29, 0.717) is 5.75 Å². The van der Waals surface area contributed by atoms with Gasteiger partial charge in [0.1, 0.15) is 29.8 Å². The van der Waals surface area contributed by atoms with Gasteiger partial charge in [-0.3, -0.25) is 4.79 Å². The van der Waals surface area contributed by atoms with Gasteiger partial charge < -0.3 is 15.2 Å². The van der Waals surface area contributed by atoms with Crippen molar-refractivity contribution in [2.75, 3.05) is 0 Å². The van der Waals surface area contributed by atoms with Crippen LogP contribution in [0.1, 0.15) is 47.5 Å². The lowest BCUT2D eigenvalue weighted by Gasteiger charge is -2.32. The molecule has 25 heavy (non-hydrogen) atoms. The molecule has 0 unspecified atom stereocenters. The fourth-order valence-corrected chi connectivity index (χ4v) is 2.90. The van der Waals surface area contributed by atoms with Crippen molar-refractivity contribution in [3.8, 4) is 5.75 Å². The van der Waals surface area contributed by atoms with Gasteiger partial charge in [-0.1, -0.05) is 39.3 Å². The van der Waals surface area contributed by atoms with Crippen molar-refractivity contribution in [2.24, 2.45) is 17.6 Å². The first-order valence-electron chi connectivity index (χ1n) is 8.78. The quantitative estimate of drug-likeness (QED) is 0.643. The average Bonchev–Trinajstić information content (AvgIpc) is 2.52. The van der Waals surface area contributed by atoms with E-state index in [9.17, 15) is 9.18 Å². The van der Waals surface area contributed by atoms with Crippen molar-refractivity contribution in [3.05, 3.63) is 29.0 Å². The fourth-order valence-electron chi connectivity index (χ4n) is 2.68. The molecule has 0 aliphatic heterocycles. The molecule has 1 aromatic carbocycles. The van der Waals surface area contributed by atoms with E-state index in [2.05, 4.69) is 0 Å². The maximum absolute atomic E-state index is 13.6. The molecule has 1 aromatic rings. The molecule has 0 saturated heterocycles. The van der Waals surface area contributed by atoms with Crippen LogP contribution in [0.2, 0.25) is 5.02 Å². The Kier molecular flexibility index (Phi) is 8.66. The lowest BCUT2D eigenvalue weighted by Crippen LogP contribution is -2.44. The van der Waals surface area contributed by atoms with Crippen LogP contribution in [0, 0.1) is 17.7 Å². The molecule has 0 amide bonds. The third-order valence-electron chi connectivity index (χ3n) is 4.38. The summed E-state index contributed by atoms with van der Waals surface area (Å²) in [5.74, 6) is -0.496. The van der Waals surface area contributed by atoms with E-state index < -0.39 is 30.0 Å². The monoisotopic (exact) mass is 373 g/mol. The van der Waals surface area contributed by atoms with Crippen LogP contribution >= 0.6 is 11.6 Å². The molecule has 0 aliphatic carbocycles. The minimum atomic E-state index is -0.687. The Morgan fingerprint density at radius 3 is 2.28 bits per heavy atom. The van der Waals surface area contributed by atoms with E-state index in [0.717, 1.165) is 12.8 Å². The molecule has 3 atom stereocenters. The summed E-state index contributed by atoms with van der Waals surface area (Å²) < 4.78 is 25.1. The molecule has 0 radical (unpaired) electrons. The van der Waals surface area contributed by atoms with Gasteiger partial charge in [0.25, 0.3) is 0 Å². The predicted octanol–water partition coefficient (Wildman–Crippen LogP) is 4.58. The van der Waals surface area contributed by atoms with E-state index in [1.165, 1.54) is 12.1 Å². The van der Waals surface area contributed by atoms with Crippen molar-refractivity contribution in [1.29, 1.82) is 0 Å². The first-order valence-corrected chi connectivity index (χ1v) is 9.16. The Bertz CT molecular complexity index is 543. The van der Waals surface area contributed by atoms with E-state index in [-0.39, 0.29) is 16.9 Å². The van der Waals surface area contributed by atoms with Gasteiger partial charge in [-0.2, -0.15) is 0 Å². The maximum Gasteiger partial charge on any atom is 0.323 e. The Hall–Kier alpha value is -1.33. The molecule has 1 rings (SSSR count). The molecule has 4 nitrogen and oxygen atoms in total. The number of esters is 1. The molecular formula is C19H29ClFNO3. The molecule has 0 heterocycles. The summed E-state index contributed by atoms with van der Waals surface area (Å²) in [5, 5.41) is 0.254. The number of ether oxygens (including phenoxy) is 2. The first kappa shape index (κ1) is 21.7. The summed E-state index contributed by atoms with van der Waals surface area (Å²) in [6, 6.07) is 3.35. The molecule has 6 heteroatoms. The number of carbonyl (C=O) groups is 1. The molecule has 0 aromatic heterocycles. The number of rotatable bonds is 9. The zero-order chi connectivity index (χ0) is 19.1. The lowest BCUT2D eigenvalue weighted by molar-refractivity contribution is -0.157. The van der Waals surface area contributed by atoms with Crippen molar-refractivity contribution in [1.82, 2.24) is 0 Å². The molecule has 2 N–H and O–H groups in total. The molecule has 0 aliphatic rings. The average molecular weight is 374 g/mol. The van der Waals surface area contributed by atoms with Crippen molar-refractivity contribution >= 4 is 17.6 Å². The summed E-state index contributed by atoms with van der Waals surface area (Å²) in [5.41, 5.74) is 5.86. The summed E-state index contributed by atoms with van der Waals surface area (Å²) in [6.07, 6.45) is 0.727. The van der Waals surface area contributed by atoms with E-state index in [4.69, 9.17) is 26.8 Å². The zero-order valence-electron chi connectivity index (χ0n) is 15.6. The zero-order valence-corrected chi connectivity index (χ0v) is 16.3. The summed E-state index contributed by atoms with van der Waals surface area (Å²) in [7, 11) is 0. The minimum absolute atomic E-state index is 0.0192. The van der Waals surface area contributed by atoms with Crippen LogP contribution in [0.5, 0.6) is 5.75 Å². The SMILES string of the molecule is CCC(CC)[C@@H](Oc1cc(F)cc(Cl)c1)[C@H](C)OC(=O)[C@@H](N)C(C)C. The smallest absolute Gasteiger partial charge is 0.323 e. The second kappa shape index (κ2) is 9.97. The third-order valence-corrected chi connectivity index (χ3v) is 4.59. The number of nitrogens with two attached hydrogens (primary N) is 1. The van der Waals surface area contributed by atoms with Gasteiger partial charge in [-0.05, 0) is 43.7 Å². The van der Waals surface area contributed by atoms with E-state index >= 15 is 0 Å². The van der Waals surface area contributed by atoms with Gasteiger partial charge in [0.05, 0.1) is 0 Å². The van der Waals surface area contributed by atoms with Crippen LogP contribution in [0.3, 0.4) is 0 Å². The lowest BCUT2D eigenvalue weighted by atomic mass is 9.93. The first-order chi connectivity index (χ1) is 11.7. The van der Waals surface area contributed by atoms with Gasteiger partial charge in [0.2, 0.25) is 0 Å². The van der Waals surface area contributed by atoms with E-state index in [1.807, 2.05) is 27.7 Å². The van der Waals surface area contributed by atoms with Crippen molar-refractivity contribution in [2.45, 2.75) is 65.7 Å². The number of hydrogen-bond acceptors (Lipinski definition) is 4. The van der Waals surface area contributed by atoms with Gasteiger partial charge in [-0.25, -0.2) is 4.39 Å². The number of carbonyl (C=O) groups excluding carboxylic acids is 1. The highest BCUT2D eigenvalue weighted by atomic mass is 35.5. The number of halogens is 2. The normalized spacial score (nSPS) is 15.1. The summed E-state index contributed by atoms with van der Waals surface area (Å²) in [6.45, 7) is 9.57. The number of hydrogen-bond donors (Lipinski definition) is 1. The number of benzene rings is 1. The molecule has 0 fully saturated rings. The topological polar surface area (TPSA) is 61.5 Å². The Balaban J connectivity index is 2.97. The van der Waals surface area contributed by atoms with Crippen LogP contribution in [-0.2, 0) is 9.53 Å². The van der Waals surface area contributed by atoms with Gasteiger partial charge in [0.15, 0.2) is 0 Å². The molecule has 0 spiro atoms. The van der Waals surface area contributed by atoms with Crippen LogP contribution in [-0.4, -0.2) is 24.2 Å². The third kappa shape index (κ3) is 6.48. The summed E-state index contributed by atoms with van der Waals surface area (Å²) >= 11 is 5.90.